The van der Waals surface area contributed by atoms with Gasteiger partial charge < -0.3 is 10.2 Å². The molecule has 0 aliphatic rings. The summed E-state index contributed by atoms with van der Waals surface area (Å²) in [5.41, 5.74) is 2.08. The number of phenolic OH excluding ortho intramolecular Hbond substituents is 2. The van der Waals surface area contributed by atoms with Crippen LogP contribution in [0.5, 0.6) is 11.5 Å². The van der Waals surface area contributed by atoms with Crippen LogP contribution in [-0.4, -0.2) is 16.1 Å². The lowest BCUT2D eigenvalue weighted by atomic mass is 9.73. The Labute approximate surface area is 124 Å². The van der Waals surface area contributed by atoms with E-state index in [-0.39, 0.29) is 16.9 Å². The maximum absolute atomic E-state index is 9.45. The topological polar surface area (TPSA) is 40.5 Å². The van der Waals surface area contributed by atoms with Crippen molar-refractivity contribution in [1.29, 1.82) is 0 Å². The number of aromatic hydroxyl groups is 2. The van der Waals surface area contributed by atoms with Gasteiger partial charge in [0, 0.05) is 11.3 Å². The van der Waals surface area contributed by atoms with E-state index in [1.54, 1.807) is 24.3 Å². The van der Waals surface area contributed by atoms with Crippen LogP contribution in [-0.2, 0) is 5.41 Å². The Balaban J connectivity index is 2.43. The summed E-state index contributed by atoms with van der Waals surface area (Å²) in [6.07, 6.45) is 1.81. The van der Waals surface area contributed by atoms with Crippen molar-refractivity contribution in [2.24, 2.45) is 0 Å². The van der Waals surface area contributed by atoms with Gasteiger partial charge in [0.1, 0.15) is 11.5 Å². The van der Waals surface area contributed by atoms with Gasteiger partial charge in [0.25, 0.3) is 0 Å². The van der Waals surface area contributed by atoms with Crippen LogP contribution in [0.25, 0.3) is 0 Å². The van der Waals surface area contributed by atoms with Gasteiger partial charge in [-0.1, -0.05) is 31.2 Å². The standard InChI is InChI=1S/C17H19ClO2/c1-17(11-2-12-18,13-3-7-15(19)8-4-13)14-5-9-16(20)10-6-14/h3-10,19-20H,2,11-12H2,1H3. The molecule has 0 saturated carbocycles. The summed E-state index contributed by atoms with van der Waals surface area (Å²) in [4.78, 5) is 0. The second-order valence-corrected chi connectivity index (χ2v) is 5.60. The maximum Gasteiger partial charge on any atom is 0.115 e. The number of benzene rings is 2. The first kappa shape index (κ1) is 14.7. The summed E-state index contributed by atoms with van der Waals surface area (Å²) in [5.74, 6) is 1.14. The molecule has 2 nitrogen and oxygen atoms in total. The minimum absolute atomic E-state index is 0.184. The molecule has 2 N–H and O–H groups in total. The molecule has 106 valence electrons. The molecule has 2 aromatic rings. The molecular weight excluding hydrogens is 272 g/mol. The van der Waals surface area contributed by atoms with Crippen molar-refractivity contribution in [2.45, 2.75) is 25.2 Å². The van der Waals surface area contributed by atoms with Crippen molar-refractivity contribution in [1.82, 2.24) is 0 Å². The average molecular weight is 291 g/mol. The molecule has 0 atom stereocenters. The van der Waals surface area contributed by atoms with Gasteiger partial charge in [0.2, 0.25) is 0 Å². The van der Waals surface area contributed by atoms with Crippen molar-refractivity contribution in [3.8, 4) is 11.5 Å². The number of alkyl halides is 1. The Morgan fingerprint density at radius 2 is 1.25 bits per heavy atom. The molecule has 0 unspecified atom stereocenters. The third kappa shape index (κ3) is 3.07. The van der Waals surface area contributed by atoms with E-state index in [1.165, 1.54) is 0 Å². The Morgan fingerprint density at radius 3 is 1.60 bits per heavy atom. The largest absolute Gasteiger partial charge is 0.508 e. The van der Waals surface area contributed by atoms with E-state index in [9.17, 15) is 10.2 Å². The van der Waals surface area contributed by atoms with E-state index >= 15 is 0 Å². The zero-order valence-corrected chi connectivity index (χ0v) is 12.3. The molecule has 0 bridgehead atoms. The zero-order valence-electron chi connectivity index (χ0n) is 11.5. The smallest absolute Gasteiger partial charge is 0.115 e. The molecule has 0 heterocycles. The van der Waals surface area contributed by atoms with E-state index in [0.29, 0.717) is 5.88 Å². The van der Waals surface area contributed by atoms with Gasteiger partial charge in [-0.2, -0.15) is 0 Å². The van der Waals surface area contributed by atoms with Gasteiger partial charge in [0.15, 0.2) is 0 Å². The fourth-order valence-corrected chi connectivity index (χ4v) is 2.67. The molecule has 0 aromatic heterocycles. The second kappa shape index (κ2) is 6.19. The van der Waals surface area contributed by atoms with Crippen LogP contribution in [0.2, 0.25) is 0 Å². The number of hydrogen-bond acceptors (Lipinski definition) is 2. The number of phenols is 2. The van der Waals surface area contributed by atoms with Gasteiger partial charge in [0.05, 0.1) is 0 Å². The van der Waals surface area contributed by atoms with Gasteiger partial charge in [-0.25, -0.2) is 0 Å². The molecule has 2 aromatic carbocycles. The molecule has 20 heavy (non-hydrogen) atoms. The van der Waals surface area contributed by atoms with Gasteiger partial charge in [-0.15, -0.1) is 11.6 Å². The summed E-state index contributed by atoms with van der Waals surface area (Å²) in [6, 6.07) is 14.6. The first-order valence-electron chi connectivity index (χ1n) is 6.71. The highest BCUT2D eigenvalue weighted by Gasteiger charge is 2.28. The molecular formula is C17H19ClO2. The van der Waals surface area contributed by atoms with Crippen molar-refractivity contribution < 1.29 is 10.2 Å². The minimum Gasteiger partial charge on any atom is -0.508 e. The predicted molar refractivity (Wildman–Crippen MR) is 82.6 cm³/mol. The van der Waals surface area contributed by atoms with Gasteiger partial charge in [-0.05, 0) is 48.2 Å². The highest BCUT2D eigenvalue weighted by molar-refractivity contribution is 6.17. The normalized spacial score (nSPS) is 11.5. The Bertz CT molecular complexity index is 501. The van der Waals surface area contributed by atoms with E-state index in [0.717, 1.165) is 24.0 Å². The fourth-order valence-electron chi connectivity index (χ4n) is 2.53. The van der Waals surface area contributed by atoms with E-state index < -0.39 is 0 Å². The monoisotopic (exact) mass is 290 g/mol. The SMILES string of the molecule is CC(CCCCl)(c1ccc(O)cc1)c1ccc(O)cc1. The molecule has 0 spiro atoms. The summed E-state index contributed by atoms with van der Waals surface area (Å²) in [6.45, 7) is 2.16. The Hall–Kier alpha value is -1.67. The lowest BCUT2D eigenvalue weighted by molar-refractivity contribution is 0.470. The average Bonchev–Trinajstić information content (AvgIpc) is 2.46. The molecule has 0 aliphatic carbocycles. The van der Waals surface area contributed by atoms with Crippen LogP contribution in [0.3, 0.4) is 0 Å². The van der Waals surface area contributed by atoms with E-state index in [1.807, 2.05) is 24.3 Å². The van der Waals surface area contributed by atoms with Crippen LogP contribution < -0.4 is 0 Å². The van der Waals surface area contributed by atoms with Crippen molar-refractivity contribution >= 4 is 11.6 Å². The molecule has 0 amide bonds. The fraction of sp³-hybridized carbons (Fsp3) is 0.294. The van der Waals surface area contributed by atoms with Crippen LogP contribution >= 0.6 is 11.6 Å². The van der Waals surface area contributed by atoms with Crippen LogP contribution in [0.4, 0.5) is 0 Å². The molecule has 3 heteroatoms. The number of hydrogen-bond donors (Lipinski definition) is 2. The van der Waals surface area contributed by atoms with Crippen LogP contribution in [0, 0.1) is 0 Å². The van der Waals surface area contributed by atoms with Crippen molar-refractivity contribution in [2.75, 3.05) is 5.88 Å². The first-order chi connectivity index (χ1) is 9.56. The third-order valence-electron chi connectivity index (χ3n) is 3.82. The predicted octanol–water partition coefficient (Wildman–Crippen LogP) is 4.42. The second-order valence-electron chi connectivity index (χ2n) is 5.22. The van der Waals surface area contributed by atoms with Crippen molar-refractivity contribution in [3.63, 3.8) is 0 Å². The number of rotatable bonds is 5. The van der Waals surface area contributed by atoms with Gasteiger partial charge >= 0.3 is 0 Å². The number of halogens is 1. The molecule has 0 radical (unpaired) electrons. The Morgan fingerprint density at radius 1 is 0.850 bits per heavy atom. The molecule has 0 aliphatic heterocycles. The minimum atomic E-state index is -0.184. The summed E-state index contributed by atoms with van der Waals surface area (Å²) in [5, 5.41) is 18.9. The zero-order chi connectivity index (χ0) is 14.6. The Kier molecular flexibility index (Phi) is 4.56. The van der Waals surface area contributed by atoms with E-state index in [2.05, 4.69) is 6.92 Å². The lowest BCUT2D eigenvalue weighted by Crippen LogP contribution is -2.23. The molecule has 0 saturated heterocycles. The van der Waals surface area contributed by atoms with Crippen molar-refractivity contribution in [3.05, 3.63) is 59.7 Å². The highest BCUT2D eigenvalue weighted by atomic mass is 35.5. The summed E-state index contributed by atoms with van der Waals surface area (Å²) in [7, 11) is 0. The lowest BCUT2D eigenvalue weighted by Gasteiger charge is -2.31. The quantitative estimate of drug-likeness (QED) is 0.800. The van der Waals surface area contributed by atoms with Crippen LogP contribution in [0.15, 0.2) is 48.5 Å². The van der Waals surface area contributed by atoms with E-state index in [4.69, 9.17) is 11.6 Å². The summed E-state index contributed by atoms with van der Waals surface area (Å²) >= 11 is 5.85. The maximum atomic E-state index is 9.45. The summed E-state index contributed by atoms with van der Waals surface area (Å²) < 4.78 is 0. The van der Waals surface area contributed by atoms with Crippen LogP contribution in [0.1, 0.15) is 30.9 Å². The molecule has 2 rings (SSSR count). The first-order valence-corrected chi connectivity index (χ1v) is 7.25. The highest BCUT2D eigenvalue weighted by Crippen LogP contribution is 2.37. The molecule has 0 fully saturated rings. The van der Waals surface area contributed by atoms with Gasteiger partial charge in [-0.3, -0.25) is 0 Å². The third-order valence-corrected chi connectivity index (χ3v) is 4.09.